The van der Waals surface area contributed by atoms with Crippen molar-refractivity contribution in [2.75, 3.05) is 11.6 Å². The largest absolute Gasteiger partial charge is 0.339 e. The zero-order chi connectivity index (χ0) is 16.4. The predicted molar refractivity (Wildman–Crippen MR) is 98.2 cm³/mol. The predicted octanol–water partition coefficient (Wildman–Crippen LogP) is 4.28. The number of anilines is 2. The lowest BCUT2D eigenvalue weighted by atomic mass is 10.3. The van der Waals surface area contributed by atoms with E-state index < -0.39 is 0 Å². The van der Waals surface area contributed by atoms with Crippen molar-refractivity contribution in [2.45, 2.75) is 5.03 Å². The smallest absolute Gasteiger partial charge is 0.169 e. The molecule has 0 saturated heterocycles. The van der Waals surface area contributed by atoms with Crippen LogP contribution in [0.25, 0.3) is 16.7 Å². The minimum Gasteiger partial charge on any atom is -0.339 e. The lowest BCUT2D eigenvalue weighted by Gasteiger charge is -2.07. The number of hydrogen-bond acceptors (Lipinski definition) is 5. The van der Waals surface area contributed by atoms with Crippen molar-refractivity contribution >= 4 is 34.3 Å². The Balaban J connectivity index is 1.89. The normalized spacial score (nSPS) is 10.9. The van der Waals surface area contributed by atoms with Gasteiger partial charge in [0.1, 0.15) is 17.2 Å². The first kappa shape index (κ1) is 14.7. The average molecular weight is 333 g/mol. The van der Waals surface area contributed by atoms with Crippen LogP contribution in [0.5, 0.6) is 0 Å². The van der Waals surface area contributed by atoms with Gasteiger partial charge in [0, 0.05) is 5.69 Å². The first-order chi connectivity index (χ1) is 11.9. The summed E-state index contributed by atoms with van der Waals surface area (Å²) >= 11 is 1.59. The Morgan fingerprint density at radius 3 is 2.33 bits per heavy atom. The van der Waals surface area contributed by atoms with Crippen LogP contribution in [0.4, 0.5) is 11.5 Å². The number of rotatable bonds is 4. The Kier molecular flexibility index (Phi) is 3.88. The summed E-state index contributed by atoms with van der Waals surface area (Å²) in [6.45, 7) is 0. The Morgan fingerprint density at radius 1 is 0.917 bits per heavy atom. The zero-order valence-electron chi connectivity index (χ0n) is 13.0. The summed E-state index contributed by atoms with van der Waals surface area (Å²) in [4.78, 5) is 8.89. The average Bonchev–Trinajstić information content (AvgIpc) is 3.03. The lowest BCUT2D eigenvalue weighted by molar-refractivity contribution is 0.852. The molecular weight excluding hydrogens is 318 g/mol. The van der Waals surface area contributed by atoms with Gasteiger partial charge in [0.05, 0.1) is 11.1 Å². The van der Waals surface area contributed by atoms with Crippen molar-refractivity contribution in [3.63, 3.8) is 0 Å². The zero-order valence-corrected chi connectivity index (χ0v) is 13.9. The number of aromatic nitrogens is 4. The molecule has 0 atom stereocenters. The van der Waals surface area contributed by atoms with Gasteiger partial charge in [-0.25, -0.2) is 14.6 Å². The molecule has 0 aliphatic carbocycles. The minimum atomic E-state index is 0.762. The Labute approximate surface area is 143 Å². The van der Waals surface area contributed by atoms with E-state index in [1.165, 1.54) is 0 Å². The van der Waals surface area contributed by atoms with Gasteiger partial charge in [-0.2, -0.15) is 5.10 Å². The van der Waals surface area contributed by atoms with E-state index in [9.17, 15) is 0 Å². The van der Waals surface area contributed by atoms with E-state index >= 15 is 0 Å². The molecule has 0 amide bonds. The number of nitrogens with one attached hydrogen (secondary N) is 1. The Hall–Kier alpha value is -2.86. The van der Waals surface area contributed by atoms with Crippen molar-refractivity contribution in [1.82, 2.24) is 19.7 Å². The standard InChI is InChI=1S/C18H15N5S/c1-24-18-15-16(21-13-8-4-2-5-9-13)19-12-20-17(15)23(22-18)14-10-6-3-7-11-14/h2-12H,1H3,(H,19,20,21). The molecule has 1 N–H and O–H groups in total. The fraction of sp³-hybridized carbons (Fsp3) is 0.0556. The van der Waals surface area contributed by atoms with E-state index in [1.54, 1.807) is 18.1 Å². The highest BCUT2D eigenvalue weighted by atomic mass is 32.2. The third-order valence-electron chi connectivity index (χ3n) is 3.66. The second-order valence-electron chi connectivity index (χ2n) is 5.17. The van der Waals surface area contributed by atoms with Gasteiger partial charge < -0.3 is 5.32 Å². The van der Waals surface area contributed by atoms with Gasteiger partial charge in [0.2, 0.25) is 0 Å². The maximum absolute atomic E-state index is 4.72. The van der Waals surface area contributed by atoms with E-state index in [-0.39, 0.29) is 0 Å². The Bertz CT molecular complexity index is 967. The molecule has 2 aromatic heterocycles. The molecule has 0 fully saturated rings. The summed E-state index contributed by atoms with van der Waals surface area (Å²) < 4.78 is 1.86. The van der Waals surface area contributed by atoms with E-state index in [2.05, 4.69) is 15.3 Å². The molecular formula is C18H15N5S. The van der Waals surface area contributed by atoms with E-state index in [0.29, 0.717) is 0 Å². The first-order valence-corrected chi connectivity index (χ1v) is 8.74. The van der Waals surface area contributed by atoms with Crippen LogP contribution in [-0.2, 0) is 0 Å². The number of benzene rings is 2. The summed E-state index contributed by atoms with van der Waals surface area (Å²) in [5, 5.41) is 9.91. The van der Waals surface area contributed by atoms with Crippen molar-refractivity contribution in [2.24, 2.45) is 0 Å². The van der Waals surface area contributed by atoms with Crippen LogP contribution in [0.1, 0.15) is 0 Å². The minimum absolute atomic E-state index is 0.762. The van der Waals surface area contributed by atoms with Gasteiger partial charge in [-0.05, 0) is 30.5 Å². The van der Waals surface area contributed by atoms with Gasteiger partial charge in [-0.1, -0.05) is 36.4 Å². The molecule has 2 aromatic carbocycles. The number of fused-ring (bicyclic) bond motifs is 1. The summed E-state index contributed by atoms with van der Waals surface area (Å²) in [5.74, 6) is 0.762. The second kappa shape index (κ2) is 6.33. The van der Waals surface area contributed by atoms with Gasteiger partial charge in [0.15, 0.2) is 5.65 Å². The van der Waals surface area contributed by atoms with Crippen molar-refractivity contribution in [3.05, 3.63) is 67.0 Å². The molecule has 118 valence electrons. The van der Waals surface area contributed by atoms with Gasteiger partial charge >= 0.3 is 0 Å². The number of para-hydroxylation sites is 2. The van der Waals surface area contributed by atoms with Crippen LogP contribution in [0.3, 0.4) is 0 Å². The quantitative estimate of drug-likeness (QED) is 0.565. The van der Waals surface area contributed by atoms with Crippen LogP contribution >= 0.6 is 11.8 Å². The molecule has 2 heterocycles. The molecule has 5 nitrogen and oxygen atoms in total. The van der Waals surface area contributed by atoms with Crippen LogP contribution in [0.15, 0.2) is 72.0 Å². The number of hydrogen-bond donors (Lipinski definition) is 1. The van der Waals surface area contributed by atoms with Gasteiger partial charge in [0.25, 0.3) is 0 Å². The van der Waals surface area contributed by atoms with Crippen molar-refractivity contribution < 1.29 is 0 Å². The van der Waals surface area contributed by atoms with Crippen LogP contribution in [-0.4, -0.2) is 26.0 Å². The van der Waals surface area contributed by atoms with Gasteiger partial charge in [-0.3, -0.25) is 0 Å². The lowest BCUT2D eigenvalue weighted by Crippen LogP contribution is -1.99. The monoisotopic (exact) mass is 333 g/mol. The fourth-order valence-electron chi connectivity index (χ4n) is 2.57. The molecule has 0 aliphatic rings. The highest BCUT2D eigenvalue weighted by Crippen LogP contribution is 2.32. The fourth-order valence-corrected chi connectivity index (χ4v) is 3.12. The van der Waals surface area contributed by atoms with E-state index in [4.69, 9.17) is 5.10 Å². The van der Waals surface area contributed by atoms with E-state index in [0.717, 1.165) is 33.3 Å². The maximum atomic E-state index is 4.72. The van der Waals surface area contributed by atoms with Crippen LogP contribution in [0, 0.1) is 0 Å². The molecule has 0 saturated carbocycles. The summed E-state index contributed by atoms with van der Waals surface area (Å²) in [6.07, 6.45) is 3.58. The molecule has 0 spiro atoms. The third-order valence-corrected chi connectivity index (χ3v) is 4.34. The van der Waals surface area contributed by atoms with Crippen molar-refractivity contribution in [3.8, 4) is 5.69 Å². The van der Waals surface area contributed by atoms with Crippen LogP contribution in [0.2, 0.25) is 0 Å². The molecule has 4 rings (SSSR count). The molecule has 6 heteroatoms. The third kappa shape index (κ3) is 2.61. The van der Waals surface area contributed by atoms with E-state index in [1.807, 2.05) is 71.6 Å². The molecule has 0 bridgehead atoms. The van der Waals surface area contributed by atoms with Gasteiger partial charge in [-0.15, -0.1) is 11.8 Å². The molecule has 0 radical (unpaired) electrons. The number of thioether (sulfide) groups is 1. The molecule has 24 heavy (non-hydrogen) atoms. The molecule has 0 aliphatic heterocycles. The maximum Gasteiger partial charge on any atom is 0.169 e. The molecule has 4 aromatic rings. The summed E-state index contributed by atoms with van der Waals surface area (Å²) in [6, 6.07) is 20.0. The first-order valence-electron chi connectivity index (χ1n) is 7.52. The van der Waals surface area contributed by atoms with Crippen molar-refractivity contribution in [1.29, 1.82) is 0 Å². The highest BCUT2D eigenvalue weighted by molar-refractivity contribution is 7.98. The highest BCUT2D eigenvalue weighted by Gasteiger charge is 2.17. The summed E-state index contributed by atoms with van der Waals surface area (Å²) in [5.41, 5.74) is 2.75. The number of nitrogens with zero attached hydrogens (tertiary/aromatic N) is 4. The molecule has 0 unspecified atom stereocenters. The summed E-state index contributed by atoms with van der Waals surface area (Å²) in [7, 11) is 0. The topological polar surface area (TPSA) is 55.6 Å². The van der Waals surface area contributed by atoms with Crippen LogP contribution < -0.4 is 5.32 Å². The Morgan fingerprint density at radius 2 is 1.62 bits per heavy atom. The SMILES string of the molecule is CSc1nn(-c2ccccc2)c2ncnc(Nc3ccccc3)c12. The second-order valence-corrected chi connectivity index (χ2v) is 5.96.